The van der Waals surface area contributed by atoms with Gasteiger partial charge in [0.1, 0.15) is 11.5 Å². The first-order chi connectivity index (χ1) is 9.15. The van der Waals surface area contributed by atoms with Gasteiger partial charge in [-0.2, -0.15) is 5.10 Å². The summed E-state index contributed by atoms with van der Waals surface area (Å²) in [5.74, 6) is 0.696. The lowest BCUT2D eigenvalue weighted by Crippen LogP contribution is -2.51. The molecule has 19 heavy (non-hydrogen) atoms. The third kappa shape index (κ3) is 2.40. The normalized spacial score (nSPS) is 19.6. The monoisotopic (exact) mass is 263 g/mol. The number of anilines is 1. The van der Waals surface area contributed by atoms with Crippen LogP contribution in [0.2, 0.25) is 0 Å². The van der Waals surface area contributed by atoms with E-state index in [4.69, 9.17) is 5.73 Å². The highest BCUT2D eigenvalue weighted by atomic mass is 16.2. The molecule has 3 rings (SSSR count). The average Bonchev–Trinajstić information content (AvgIpc) is 3.19. The largest absolute Gasteiger partial charge is 0.382 e. The number of H-pyrrole nitrogens is 1. The minimum Gasteiger partial charge on any atom is -0.382 e. The van der Waals surface area contributed by atoms with Gasteiger partial charge in [0.15, 0.2) is 0 Å². The number of hydrogen-bond acceptors (Lipinski definition) is 4. The van der Waals surface area contributed by atoms with Crippen LogP contribution in [0.25, 0.3) is 0 Å². The fraction of sp³-hybridized carbons (Fsp3) is 0.583. The lowest BCUT2D eigenvalue weighted by molar-refractivity contribution is -0.134. The van der Waals surface area contributed by atoms with Gasteiger partial charge in [-0.1, -0.05) is 0 Å². The molecule has 1 aliphatic carbocycles. The Bertz CT molecular complexity index is 500. The van der Waals surface area contributed by atoms with E-state index >= 15 is 0 Å². The molecular weight excluding hydrogens is 246 g/mol. The van der Waals surface area contributed by atoms with Crippen molar-refractivity contribution in [3.05, 3.63) is 11.8 Å². The van der Waals surface area contributed by atoms with E-state index in [2.05, 4.69) is 10.2 Å². The Kier molecular flexibility index (Phi) is 2.88. The summed E-state index contributed by atoms with van der Waals surface area (Å²) in [4.78, 5) is 27.6. The first kappa shape index (κ1) is 12.0. The van der Waals surface area contributed by atoms with Gasteiger partial charge in [0, 0.05) is 38.2 Å². The summed E-state index contributed by atoms with van der Waals surface area (Å²) >= 11 is 0. The van der Waals surface area contributed by atoms with Crippen LogP contribution in [0, 0.1) is 5.92 Å². The Balaban J connectivity index is 1.57. The van der Waals surface area contributed by atoms with Crippen molar-refractivity contribution in [1.29, 1.82) is 0 Å². The van der Waals surface area contributed by atoms with Gasteiger partial charge in [-0.25, -0.2) is 0 Å². The van der Waals surface area contributed by atoms with E-state index in [1.165, 1.54) is 6.07 Å². The van der Waals surface area contributed by atoms with Crippen molar-refractivity contribution in [1.82, 2.24) is 20.0 Å². The third-order valence-corrected chi connectivity index (χ3v) is 3.63. The van der Waals surface area contributed by atoms with Crippen molar-refractivity contribution in [2.75, 3.05) is 31.9 Å². The number of nitrogens with one attached hydrogen (secondary N) is 1. The van der Waals surface area contributed by atoms with Gasteiger partial charge in [0.25, 0.3) is 5.91 Å². The van der Waals surface area contributed by atoms with Crippen LogP contribution in [-0.4, -0.2) is 58.0 Å². The highest BCUT2D eigenvalue weighted by Crippen LogP contribution is 2.31. The van der Waals surface area contributed by atoms with Crippen molar-refractivity contribution < 1.29 is 9.59 Å². The molecule has 0 spiro atoms. The quantitative estimate of drug-likeness (QED) is 0.765. The summed E-state index contributed by atoms with van der Waals surface area (Å²) in [7, 11) is 0. The molecule has 1 aromatic rings. The molecule has 1 saturated carbocycles. The van der Waals surface area contributed by atoms with E-state index in [0.29, 0.717) is 37.7 Å². The fourth-order valence-corrected chi connectivity index (χ4v) is 2.34. The Morgan fingerprint density at radius 3 is 2.37 bits per heavy atom. The molecule has 0 atom stereocenters. The summed E-state index contributed by atoms with van der Waals surface area (Å²) in [6, 6.07) is 1.53. The van der Waals surface area contributed by atoms with Gasteiger partial charge in [0.05, 0.1) is 0 Å². The second kappa shape index (κ2) is 4.56. The molecule has 0 bridgehead atoms. The van der Waals surface area contributed by atoms with Crippen LogP contribution in [0.5, 0.6) is 0 Å². The fourth-order valence-electron chi connectivity index (χ4n) is 2.34. The number of carbonyl (C=O) groups excluding carboxylic acids is 2. The van der Waals surface area contributed by atoms with Crippen molar-refractivity contribution in [2.24, 2.45) is 5.92 Å². The van der Waals surface area contributed by atoms with E-state index in [1.807, 2.05) is 4.90 Å². The predicted octanol–water partition coefficient (Wildman–Crippen LogP) is -0.314. The molecule has 2 amide bonds. The molecule has 0 unspecified atom stereocenters. The summed E-state index contributed by atoms with van der Waals surface area (Å²) in [6.45, 7) is 2.36. The third-order valence-electron chi connectivity index (χ3n) is 3.63. The molecule has 0 aromatic carbocycles. The molecule has 1 saturated heterocycles. The van der Waals surface area contributed by atoms with E-state index in [-0.39, 0.29) is 17.7 Å². The Labute approximate surface area is 110 Å². The van der Waals surface area contributed by atoms with Crippen molar-refractivity contribution >= 4 is 17.6 Å². The molecule has 7 heteroatoms. The average molecular weight is 263 g/mol. The van der Waals surface area contributed by atoms with Crippen LogP contribution < -0.4 is 5.73 Å². The maximum absolute atomic E-state index is 12.1. The maximum Gasteiger partial charge on any atom is 0.272 e. The maximum atomic E-state index is 12.1. The van der Waals surface area contributed by atoms with Gasteiger partial charge in [-0.15, -0.1) is 0 Å². The zero-order valence-corrected chi connectivity index (χ0v) is 10.6. The molecule has 2 heterocycles. The lowest BCUT2D eigenvalue weighted by Gasteiger charge is -2.34. The van der Waals surface area contributed by atoms with Crippen LogP contribution in [0.4, 0.5) is 5.82 Å². The number of nitrogens with zero attached hydrogens (tertiary/aromatic N) is 3. The molecule has 7 nitrogen and oxygen atoms in total. The minimum absolute atomic E-state index is 0.109. The number of hydrogen-bond donors (Lipinski definition) is 2. The van der Waals surface area contributed by atoms with E-state index in [1.54, 1.807) is 4.90 Å². The summed E-state index contributed by atoms with van der Waals surface area (Å²) in [5.41, 5.74) is 5.88. The van der Waals surface area contributed by atoms with Crippen molar-refractivity contribution in [2.45, 2.75) is 12.8 Å². The van der Waals surface area contributed by atoms with Crippen LogP contribution in [-0.2, 0) is 4.79 Å². The second-order valence-corrected chi connectivity index (χ2v) is 5.10. The number of aromatic nitrogens is 2. The number of nitrogen functional groups attached to an aromatic ring is 1. The Morgan fingerprint density at radius 2 is 1.84 bits per heavy atom. The highest BCUT2D eigenvalue weighted by molar-refractivity contribution is 5.93. The highest BCUT2D eigenvalue weighted by Gasteiger charge is 2.35. The summed E-state index contributed by atoms with van der Waals surface area (Å²) in [6.07, 6.45) is 2.04. The van der Waals surface area contributed by atoms with Gasteiger partial charge >= 0.3 is 0 Å². The van der Waals surface area contributed by atoms with Crippen LogP contribution in [0.3, 0.4) is 0 Å². The van der Waals surface area contributed by atoms with Crippen molar-refractivity contribution in [3.8, 4) is 0 Å². The SMILES string of the molecule is Nc1cc(C(=O)N2CCN(C(=O)C3CC3)CC2)[nH]n1. The molecular formula is C12H17N5O2. The standard InChI is InChI=1S/C12H17N5O2/c13-10-7-9(14-15-10)12(19)17-5-3-16(4-6-17)11(18)8-1-2-8/h7-8H,1-6H2,(H3,13,14,15). The predicted molar refractivity (Wildman–Crippen MR) is 68.2 cm³/mol. The molecule has 1 aliphatic heterocycles. The number of amides is 2. The Hall–Kier alpha value is -2.05. The van der Waals surface area contributed by atoms with Crippen LogP contribution in [0.1, 0.15) is 23.3 Å². The van der Waals surface area contributed by atoms with E-state index in [0.717, 1.165) is 12.8 Å². The Morgan fingerprint density at radius 1 is 1.21 bits per heavy atom. The first-order valence-corrected chi connectivity index (χ1v) is 6.54. The van der Waals surface area contributed by atoms with Gasteiger partial charge in [0.2, 0.25) is 5.91 Å². The van der Waals surface area contributed by atoms with Gasteiger partial charge < -0.3 is 15.5 Å². The van der Waals surface area contributed by atoms with Crippen LogP contribution in [0.15, 0.2) is 6.07 Å². The topological polar surface area (TPSA) is 95.3 Å². The van der Waals surface area contributed by atoms with Gasteiger partial charge in [-0.05, 0) is 12.8 Å². The molecule has 2 fully saturated rings. The smallest absolute Gasteiger partial charge is 0.272 e. The molecule has 1 aromatic heterocycles. The summed E-state index contributed by atoms with van der Waals surface area (Å²) < 4.78 is 0. The number of aromatic amines is 1. The van der Waals surface area contributed by atoms with Gasteiger partial charge in [-0.3, -0.25) is 14.7 Å². The number of piperazine rings is 1. The van der Waals surface area contributed by atoms with Crippen molar-refractivity contribution in [3.63, 3.8) is 0 Å². The van der Waals surface area contributed by atoms with E-state index < -0.39 is 0 Å². The summed E-state index contributed by atoms with van der Waals surface area (Å²) in [5, 5.41) is 6.37. The number of carbonyl (C=O) groups is 2. The molecule has 3 N–H and O–H groups in total. The molecule has 0 radical (unpaired) electrons. The lowest BCUT2D eigenvalue weighted by atomic mass is 10.2. The minimum atomic E-state index is -0.109. The zero-order chi connectivity index (χ0) is 13.4. The number of rotatable bonds is 2. The molecule has 2 aliphatic rings. The second-order valence-electron chi connectivity index (χ2n) is 5.10. The molecule has 102 valence electrons. The number of nitrogens with two attached hydrogens (primary N) is 1. The van der Waals surface area contributed by atoms with E-state index in [9.17, 15) is 9.59 Å². The zero-order valence-electron chi connectivity index (χ0n) is 10.6. The first-order valence-electron chi connectivity index (χ1n) is 6.54. The van der Waals surface area contributed by atoms with Crippen LogP contribution >= 0.6 is 0 Å².